The molecule has 25 heavy (non-hydrogen) atoms. The number of likely N-dealkylation sites (N-methyl/N-ethyl adjacent to an activating group) is 2. The van der Waals surface area contributed by atoms with Gasteiger partial charge in [-0.1, -0.05) is 30.3 Å². The van der Waals surface area contributed by atoms with Crippen molar-refractivity contribution < 1.29 is 19.1 Å². The van der Waals surface area contributed by atoms with Crippen LogP contribution in [0.5, 0.6) is 5.75 Å². The van der Waals surface area contributed by atoms with Gasteiger partial charge in [0.2, 0.25) is 0 Å². The van der Waals surface area contributed by atoms with Gasteiger partial charge in [-0.15, -0.1) is 0 Å². The Balaban J connectivity index is 2.15. The number of hydrogen-bond acceptors (Lipinski definition) is 4. The minimum atomic E-state index is -0.635. The molecular weight excluding hydrogens is 320 g/mol. The number of imide groups is 2. The number of carbonyl (C=O) groups excluding carboxylic acids is 3. The average Bonchev–Trinajstić information content (AvgIpc) is 2.63. The van der Waals surface area contributed by atoms with E-state index < -0.39 is 17.8 Å². The fourth-order valence-electron chi connectivity index (χ4n) is 2.83. The molecule has 6 nitrogen and oxygen atoms in total. The molecule has 1 aliphatic heterocycles. The number of rotatable bonds is 3. The molecular formula is C19H18N2O4. The molecule has 0 saturated carbocycles. The number of amides is 4. The summed E-state index contributed by atoms with van der Waals surface area (Å²) in [6.45, 7) is 2.45. The van der Waals surface area contributed by atoms with E-state index in [0.717, 1.165) is 26.3 Å². The van der Waals surface area contributed by atoms with Gasteiger partial charge < -0.3 is 4.74 Å². The van der Waals surface area contributed by atoms with Crippen molar-refractivity contribution in [1.29, 1.82) is 0 Å². The lowest BCUT2D eigenvalue weighted by Crippen LogP contribution is -2.52. The Bertz CT molecular complexity index is 891. The summed E-state index contributed by atoms with van der Waals surface area (Å²) >= 11 is 0. The van der Waals surface area contributed by atoms with Crippen LogP contribution in [0.15, 0.2) is 42.0 Å². The van der Waals surface area contributed by atoms with E-state index >= 15 is 0 Å². The molecule has 1 aliphatic rings. The minimum absolute atomic E-state index is 0.0427. The molecule has 2 aromatic carbocycles. The zero-order chi connectivity index (χ0) is 18.1. The predicted octanol–water partition coefficient (Wildman–Crippen LogP) is 2.67. The summed E-state index contributed by atoms with van der Waals surface area (Å²) in [4.78, 5) is 38.4. The molecule has 1 saturated heterocycles. The maximum absolute atomic E-state index is 12.4. The first-order chi connectivity index (χ1) is 12.0. The number of barbiturate groups is 1. The van der Waals surface area contributed by atoms with Crippen LogP contribution in [0.4, 0.5) is 4.79 Å². The van der Waals surface area contributed by atoms with Crippen molar-refractivity contribution in [3.8, 4) is 5.75 Å². The molecule has 0 aromatic heterocycles. The van der Waals surface area contributed by atoms with E-state index in [-0.39, 0.29) is 5.57 Å². The maximum Gasteiger partial charge on any atom is 0.333 e. The molecule has 6 heteroatoms. The Morgan fingerprint density at radius 3 is 2.12 bits per heavy atom. The number of urea groups is 1. The van der Waals surface area contributed by atoms with E-state index in [4.69, 9.17) is 4.74 Å². The second-order valence-electron chi connectivity index (χ2n) is 5.70. The van der Waals surface area contributed by atoms with E-state index in [1.807, 2.05) is 37.3 Å². The Hall–Kier alpha value is -3.15. The summed E-state index contributed by atoms with van der Waals surface area (Å²) in [5.74, 6) is -0.469. The lowest BCUT2D eigenvalue weighted by atomic mass is 10.00. The number of fused-ring (bicyclic) bond motifs is 1. The lowest BCUT2D eigenvalue weighted by molar-refractivity contribution is -0.134. The van der Waals surface area contributed by atoms with E-state index in [1.54, 1.807) is 6.07 Å². The fraction of sp³-hybridized carbons (Fsp3) is 0.211. The van der Waals surface area contributed by atoms with Crippen LogP contribution in [-0.4, -0.2) is 48.3 Å². The summed E-state index contributed by atoms with van der Waals surface area (Å²) in [7, 11) is 2.72. The van der Waals surface area contributed by atoms with Crippen LogP contribution >= 0.6 is 0 Å². The molecule has 0 bridgehead atoms. The highest BCUT2D eigenvalue weighted by Crippen LogP contribution is 2.30. The molecule has 0 atom stereocenters. The summed E-state index contributed by atoms with van der Waals surface area (Å²) in [5.41, 5.74) is 0.672. The van der Waals surface area contributed by atoms with Gasteiger partial charge in [0.25, 0.3) is 11.8 Å². The number of carbonyl (C=O) groups is 3. The Labute approximate surface area is 145 Å². The minimum Gasteiger partial charge on any atom is -0.493 e. The van der Waals surface area contributed by atoms with Crippen molar-refractivity contribution in [3.63, 3.8) is 0 Å². The van der Waals surface area contributed by atoms with Crippen LogP contribution in [0.25, 0.3) is 16.8 Å². The third kappa shape index (κ3) is 2.76. The van der Waals surface area contributed by atoms with Crippen LogP contribution in [0, 0.1) is 0 Å². The fourth-order valence-corrected chi connectivity index (χ4v) is 2.83. The average molecular weight is 338 g/mol. The maximum atomic E-state index is 12.4. The first kappa shape index (κ1) is 16.7. The van der Waals surface area contributed by atoms with Gasteiger partial charge in [-0.05, 0) is 30.0 Å². The molecule has 0 N–H and O–H groups in total. The Morgan fingerprint density at radius 1 is 0.920 bits per heavy atom. The normalized spacial score (nSPS) is 15.2. The Kier molecular flexibility index (Phi) is 4.27. The lowest BCUT2D eigenvalue weighted by Gasteiger charge is -2.29. The van der Waals surface area contributed by atoms with E-state index in [9.17, 15) is 14.4 Å². The second kappa shape index (κ2) is 6.39. The van der Waals surface area contributed by atoms with Crippen molar-refractivity contribution >= 4 is 34.7 Å². The van der Waals surface area contributed by atoms with Crippen molar-refractivity contribution in [2.75, 3.05) is 20.7 Å². The summed E-state index contributed by atoms with van der Waals surface area (Å²) in [5, 5.41) is 1.76. The topological polar surface area (TPSA) is 66.9 Å². The summed E-state index contributed by atoms with van der Waals surface area (Å²) in [6, 6.07) is 10.6. The first-order valence-electron chi connectivity index (χ1n) is 7.92. The molecule has 3 rings (SSSR count). The quantitative estimate of drug-likeness (QED) is 0.637. The SMILES string of the molecule is CCOc1ccc(C=C2C(=O)N(C)C(=O)N(C)C2=O)c2ccccc12. The molecule has 4 amide bonds. The summed E-state index contributed by atoms with van der Waals surface area (Å²) < 4.78 is 5.64. The number of hydrogen-bond donors (Lipinski definition) is 0. The molecule has 1 heterocycles. The van der Waals surface area contributed by atoms with Crippen molar-refractivity contribution in [2.45, 2.75) is 6.92 Å². The first-order valence-corrected chi connectivity index (χ1v) is 7.92. The predicted molar refractivity (Wildman–Crippen MR) is 94.0 cm³/mol. The van der Waals surface area contributed by atoms with E-state index in [2.05, 4.69) is 0 Å². The van der Waals surface area contributed by atoms with Crippen LogP contribution in [-0.2, 0) is 9.59 Å². The smallest absolute Gasteiger partial charge is 0.333 e. The van der Waals surface area contributed by atoms with Gasteiger partial charge >= 0.3 is 6.03 Å². The monoisotopic (exact) mass is 338 g/mol. The molecule has 0 radical (unpaired) electrons. The van der Waals surface area contributed by atoms with Crippen LogP contribution in [0.2, 0.25) is 0 Å². The Morgan fingerprint density at radius 2 is 1.52 bits per heavy atom. The number of nitrogens with zero attached hydrogens (tertiary/aromatic N) is 2. The van der Waals surface area contributed by atoms with Gasteiger partial charge in [-0.3, -0.25) is 19.4 Å². The molecule has 128 valence electrons. The highest BCUT2D eigenvalue weighted by molar-refractivity contribution is 6.31. The number of benzene rings is 2. The molecule has 0 unspecified atom stereocenters. The van der Waals surface area contributed by atoms with Gasteiger partial charge in [-0.25, -0.2) is 4.79 Å². The third-order valence-corrected chi connectivity index (χ3v) is 4.16. The highest BCUT2D eigenvalue weighted by Gasteiger charge is 2.37. The van der Waals surface area contributed by atoms with E-state index in [1.165, 1.54) is 20.2 Å². The largest absolute Gasteiger partial charge is 0.493 e. The van der Waals surface area contributed by atoms with Gasteiger partial charge in [0.1, 0.15) is 11.3 Å². The molecule has 1 fully saturated rings. The zero-order valence-corrected chi connectivity index (χ0v) is 14.3. The van der Waals surface area contributed by atoms with Crippen molar-refractivity contribution in [2.24, 2.45) is 0 Å². The van der Waals surface area contributed by atoms with Gasteiger partial charge in [0.05, 0.1) is 6.61 Å². The molecule has 0 aliphatic carbocycles. The zero-order valence-electron chi connectivity index (χ0n) is 14.3. The van der Waals surface area contributed by atoms with Gasteiger partial charge in [0.15, 0.2) is 0 Å². The standard InChI is InChI=1S/C19H18N2O4/c1-4-25-16-10-9-12(13-7-5-6-8-14(13)16)11-15-17(22)20(2)19(24)21(3)18(15)23/h5-11H,4H2,1-3H3. The highest BCUT2D eigenvalue weighted by atomic mass is 16.5. The molecule has 0 spiro atoms. The number of ether oxygens (including phenoxy) is 1. The van der Waals surface area contributed by atoms with Crippen molar-refractivity contribution in [3.05, 3.63) is 47.5 Å². The van der Waals surface area contributed by atoms with Crippen molar-refractivity contribution in [1.82, 2.24) is 9.80 Å². The summed E-state index contributed by atoms with van der Waals surface area (Å²) in [6.07, 6.45) is 1.53. The second-order valence-corrected chi connectivity index (χ2v) is 5.70. The van der Waals surface area contributed by atoms with Gasteiger partial charge in [-0.2, -0.15) is 0 Å². The molecule has 2 aromatic rings. The van der Waals surface area contributed by atoms with Crippen LogP contribution in [0.3, 0.4) is 0 Å². The van der Waals surface area contributed by atoms with Gasteiger partial charge in [0, 0.05) is 19.5 Å². The van der Waals surface area contributed by atoms with E-state index in [0.29, 0.717) is 12.2 Å². The van der Waals surface area contributed by atoms with Crippen LogP contribution < -0.4 is 4.74 Å². The third-order valence-electron chi connectivity index (χ3n) is 4.16. The van der Waals surface area contributed by atoms with Crippen LogP contribution in [0.1, 0.15) is 12.5 Å².